The number of carbonyl (C=O) groups excluding carboxylic acids is 2. The summed E-state index contributed by atoms with van der Waals surface area (Å²) in [6.45, 7) is 9.95. The van der Waals surface area contributed by atoms with E-state index in [0.29, 0.717) is 23.0 Å². The van der Waals surface area contributed by atoms with Crippen LogP contribution in [0.5, 0.6) is 5.75 Å². The van der Waals surface area contributed by atoms with Gasteiger partial charge in [-0.25, -0.2) is 0 Å². The molecule has 0 aliphatic heterocycles. The van der Waals surface area contributed by atoms with Crippen molar-refractivity contribution in [2.45, 2.75) is 34.1 Å². The lowest BCUT2D eigenvalue weighted by atomic mass is 9.94. The summed E-state index contributed by atoms with van der Waals surface area (Å²) in [5.74, 6) is 1.55. The normalized spacial score (nSPS) is 11.2. The van der Waals surface area contributed by atoms with Crippen LogP contribution < -0.4 is 4.74 Å². The van der Waals surface area contributed by atoms with Crippen LogP contribution in [0.25, 0.3) is 10.8 Å². The monoisotopic (exact) mass is 431 g/mol. The van der Waals surface area contributed by atoms with Gasteiger partial charge in [-0.15, -0.1) is 0 Å². The minimum absolute atomic E-state index is 0.0433. The molecule has 0 fully saturated rings. The van der Waals surface area contributed by atoms with Crippen LogP contribution in [0.1, 0.15) is 49.2 Å². The fourth-order valence-electron chi connectivity index (χ4n) is 4.01. The average Bonchev–Trinajstić information content (AvgIpc) is 2.77. The summed E-state index contributed by atoms with van der Waals surface area (Å²) in [6, 6.07) is 18.8. The number of amides is 1. The highest BCUT2D eigenvalue weighted by molar-refractivity contribution is 6.11. The van der Waals surface area contributed by atoms with E-state index in [4.69, 9.17) is 4.74 Å². The molecule has 3 rings (SSSR count). The van der Waals surface area contributed by atoms with Crippen LogP contribution in [-0.4, -0.2) is 36.8 Å². The van der Waals surface area contributed by atoms with E-state index in [9.17, 15) is 9.59 Å². The molecule has 0 radical (unpaired) electrons. The molecule has 32 heavy (non-hydrogen) atoms. The summed E-state index contributed by atoms with van der Waals surface area (Å²) in [7, 11) is 1.63. The summed E-state index contributed by atoms with van der Waals surface area (Å²) < 4.78 is 5.42. The number of carbonyl (C=O) groups is 2. The second-order valence-electron chi connectivity index (χ2n) is 9.18. The molecular formula is C28H33NO3. The molecule has 0 bridgehead atoms. The smallest absolute Gasteiger partial charge is 0.227 e. The number of rotatable bonds is 9. The lowest BCUT2D eigenvalue weighted by molar-refractivity contribution is -0.131. The maximum absolute atomic E-state index is 13.3. The van der Waals surface area contributed by atoms with Gasteiger partial charge in [-0.2, -0.15) is 0 Å². The number of methoxy groups -OCH3 is 1. The Bertz CT molecular complexity index is 1080. The molecule has 4 heteroatoms. The lowest BCUT2D eigenvalue weighted by Gasteiger charge is -2.27. The van der Waals surface area contributed by atoms with Crippen molar-refractivity contribution in [2.75, 3.05) is 20.2 Å². The maximum atomic E-state index is 13.3. The molecule has 1 amide bonds. The Labute approximate surface area is 191 Å². The first-order valence-electron chi connectivity index (χ1n) is 11.3. The number of fused-ring (bicyclic) bond motifs is 1. The number of nitrogens with zero attached hydrogens (tertiary/aromatic N) is 1. The van der Waals surface area contributed by atoms with Gasteiger partial charge in [0.2, 0.25) is 5.91 Å². The standard InChI is InChI=1S/C28H33NO3/c1-19(2)17-29(18-20(3)4)27(30)15-23-14-24(28(31)21-9-7-6-8-10-21)13-22-11-12-25(32-5)16-26(22)23/h6-14,16,19-20H,15,17-18H2,1-5H3. The van der Waals surface area contributed by atoms with Gasteiger partial charge in [0, 0.05) is 24.2 Å². The minimum Gasteiger partial charge on any atom is -0.497 e. The SMILES string of the molecule is COc1ccc2cc(C(=O)c3ccccc3)cc(CC(=O)N(CC(C)C)CC(C)C)c2c1. The number of hydrogen-bond acceptors (Lipinski definition) is 3. The predicted molar refractivity (Wildman–Crippen MR) is 130 cm³/mol. The summed E-state index contributed by atoms with van der Waals surface area (Å²) in [5, 5.41) is 1.87. The van der Waals surface area contributed by atoms with Crippen LogP contribution in [0, 0.1) is 11.8 Å². The minimum atomic E-state index is -0.0433. The Morgan fingerprint density at radius 2 is 1.50 bits per heavy atom. The van der Waals surface area contributed by atoms with E-state index in [1.165, 1.54) is 0 Å². The average molecular weight is 432 g/mol. The Balaban J connectivity index is 2.04. The third kappa shape index (κ3) is 5.76. The van der Waals surface area contributed by atoms with Gasteiger partial charge < -0.3 is 9.64 Å². The molecule has 0 N–H and O–H groups in total. The number of ether oxygens (including phenoxy) is 1. The van der Waals surface area contributed by atoms with Crippen LogP contribution in [0.3, 0.4) is 0 Å². The van der Waals surface area contributed by atoms with E-state index in [-0.39, 0.29) is 18.1 Å². The van der Waals surface area contributed by atoms with Gasteiger partial charge in [0.15, 0.2) is 5.78 Å². The molecule has 0 unspecified atom stereocenters. The second-order valence-corrected chi connectivity index (χ2v) is 9.18. The van der Waals surface area contributed by atoms with E-state index in [0.717, 1.165) is 35.2 Å². The Hall–Kier alpha value is -3.14. The molecule has 4 nitrogen and oxygen atoms in total. The van der Waals surface area contributed by atoms with Gasteiger partial charge in [-0.05, 0) is 52.4 Å². The lowest BCUT2D eigenvalue weighted by Crippen LogP contribution is -2.38. The van der Waals surface area contributed by atoms with E-state index < -0.39 is 0 Å². The molecule has 0 spiro atoms. The second kappa shape index (κ2) is 10.4. The molecule has 0 aliphatic rings. The number of ketones is 1. The van der Waals surface area contributed by atoms with E-state index in [2.05, 4.69) is 27.7 Å². The fraction of sp³-hybridized carbons (Fsp3) is 0.357. The van der Waals surface area contributed by atoms with Crippen molar-refractivity contribution >= 4 is 22.5 Å². The molecule has 3 aromatic rings. The molecule has 0 heterocycles. The highest BCUT2D eigenvalue weighted by Gasteiger charge is 2.20. The van der Waals surface area contributed by atoms with E-state index in [1.54, 1.807) is 7.11 Å². The largest absolute Gasteiger partial charge is 0.497 e. The van der Waals surface area contributed by atoms with Gasteiger partial charge in [-0.3, -0.25) is 9.59 Å². The first kappa shape index (κ1) is 23.5. The zero-order valence-electron chi connectivity index (χ0n) is 19.7. The van der Waals surface area contributed by atoms with Gasteiger partial charge >= 0.3 is 0 Å². The van der Waals surface area contributed by atoms with Crippen LogP contribution in [0.15, 0.2) is 60.7 Å². The van der Waals surface area contributed by atoms with Crippen molar-refractivity contribution in [2.24, 2.45) is 11.8 Å². The fourth-order valence-corrected chi connectivity index (χ4v) is 4.01. The van der Waals surface area contributed by atoms with E-state index >= 15 is 0 Å². The van der Waals surface area contributed by atoms with Crippen molar-refractivity contribution in [1.82, 2.24) is 4.90 Å². The zero-order chi connectivity index (χ0) is 23.3. The number of hydrogen-bond donors (Lipinski definition) is 0. The van der Waals surface area contributed by atoms with Crippen molar-refractivity contribution in [3.63, 3.8) is 0 Å². The first-order valence-corrected chi connectivity index (χ1v) is 11.3. The van der Waals surface area contributed by atoms with Crippen molar-refractivity contribution in [3.8, 4) is 5.75 Å². The van der Waals surface area contributed by atoms with Crippen molar-refractivity contribution in [1.29, 1.82) is 0 Å². The van der Waals surface area contributed by atoms with Crippen LogP contribution in [0.4, 0.5) is 0 Å². The molecular weight excluding hydrogens is 398 g/mol. The Morgan fingerprint density at radius 1 is 0.844 bits per heavy atom. The summed E-state index contributed by atoms with van der Waals surface area (Å²) >= 11 is 0. The Kier molecular flexibility index (Phi) is 7.68. The van der Waals surface area contributed by atoms with Crippen molar-refractivity contribution in [3.05, 3.63) is 77.4 Å². The molecule has 0 aromatic heterocycles. The van der Waals surface area contributed by atoms with Crippen LogP contribution >= 0.6 is 0 Å². The Morgan fingerprint density at radius 3 is 2.09 bits per heavy atom. The molecule has 3 aromatic carbocycles. The van der Waals surface area contributed by atoms with E-state index in [1.807, 2.05) is 65.6 Å². The third-order valence-corrected chi connectivity index (χ3v) is 5.41. The molecule has 0 saturated carbocycles. The third-order valence-electron chi connectivity index (χ3n) is 5.41. The highest BCUT2D eigenvalue weighted by Crippen LogP contribution is 2.28. The molecule has 168 valence electrons. The van der Waals surface area contributed by atoms with Gasteiger partial charge in [-0.1, -0.05) is 64.1 Å². The predicted octanol–water partition coefficient (Wildman–Crippen LogP) is 5.76. The highest BCUT2D eigenvalue weighted by atomic mass is 16.5. The van der Waals surface area contributed by atoms with Gasteiger partial charge in [0.25, 0.3) is 0 Å². The maximum Gasteiger partial charge on any atom is 0.227 e. The van der Waals surface area contributed by atoms with Gasteiger partial charge in [0.05, 0.1) is 13.5 Å². The summed E-state index contributed by atoms with van der Waals surface area (Å²) in [5.41, 5.74) is 2.08. The number of benzene rings is 3. The van der Waals surface area contributed by atoms with Crippen LogP contribution in [0.2, 0.25) is 0 Å². The van der Waals surface area contributed by atoms with Crippen LogP contribution in [-0.2, 0) is 11.2 Å². The van der Waals surface area contributed by atoms with Crippen molar-refractivity contribution < 1.29 is 14.3 Å². The topological polar surface area (TPSA) is 46.6 Å². The zero-order valence-corrected chi connectivity index (χ0v) is 19.7. The van der Waals surface area contributed by atoms with Gasteiger partial charge in [0.1, 0.15) is 5.75 Å². The molecule has 0 saturated heterocycles. The quantitative estimate of drug-likeness (QED) is 0.405. The molecule has 0 aliphatic carbocycles. The molecule has 0 atom stereocenters. The summed E-state index contributed by atoms with van der Waals surface area (Å²) in [4.78, 5) is 28.4. The summed E-state index contributed by atoms with van der Waals surface area (Å²) in [6.07, 6.45) is 0.249. The first-order chi connectivity index (χ1) is 15.3.